The van der Waals surface area contributed by atoms with Gasteiger partial charge in [0.15, 0.2) is 5.58 Å². The number of nitrogen functional groups attached to an aromatic ring is 1. The summed E-state index contributed by atoms with van der Waals surface area (Å²) in [6.45, 7) is 0. The molecule has 0 bridgehead atoms. The normalized spacial score (nSPS) is 11.1. The van der Waals surface area contributed by atoms with Crippen molar-refractivity contribution in [3.8, 4) is 6.01 Å². The number of nitrogens with zero attached hydrogens (tertiary/aromatic N) is 3. The summed E-state index contributed by atoms with van der Waals surface area (Å²) in [5.41, 5.74) is 7.64. The third-order valence-electron chi connectivity index (χ3n) is 2.15. The van der Waals surface area contributed by atoms with Gasteiger partial charge < -0.3 is 10.2 Å². The molecule has 0 aliphatic rings. The number of hydrogen-bond donors (Lipinski definition) is 1. The molecule has 0 aliphatic carbocycles. The van der Waals surface area contributed by atoms with E-state index in [1.54, 1.807) is 24.4 Å². The van der Waals surface area contributed by atoms with E-state index >= 15 is 0 Å². The van der Waals surface area contributed by atoms with E-state index in [1.807, 2.05) is 0 Å². The summed E-state index contributed by atoms with van der Waals surface area (Å²) in [4.78, 5) is 4.26. The largest absolute Gasteiger partial charge is 0.422 e. The van der Waals surface area contributed by atoms with Crippen LogP contribution in [0.5, 0.6) is 0 Å². The van der Waals surface area contributed by atoms with Crippen LogP contribution >= 0.6 is 11.6 Å². The molecular formula is C10H7ClN4O. The summed E-state index contributed by atoms with van der Waals surface area (Å²) in [5.74, 6) is 0. The molecule has 80 valence electrons. The lowest BCUT2D eigenvalue weighted by Crippen LogP contribution is -1.93. The number of halogens is 1. The van der Waals surface area contributed by atoms with Crippen molar-refractivity contribution in [3.63, 3.8) is 0 Å². The minimum absolute atomic E-state index is 0.368. The Bertz CT molecular complexity index is 658. The van der Waals surface area contributed by atoms with E-state index < -0.39 is 0 Å². The van der Waals surface area contributed by atoms with Crippen LogP contribution in [0.3, 0.4) is 0 Å². The minimum Gasteiger partial charge on any atom is -0.422 e. The Labute approximate surface area is 95.4 Å². The molecule has 0 fully saturated rings. The molecule has 2 aromatic heterocycles. The zero-order chi connectivity index (χ0) is 11.1. The fourth-order valence-electron chi connectivity index (χ4n) is 1.43. The molecule has 0 aliphatic heterocycles. The van der Waals surface area contributed by atoms with Gasteiger partial charge in [0.2, 0.25) is 0 Å². The molecule has 3 aromatic rings. The van der Waals surface area contributed by atoms with Crippen LogP contribution in [0.15, 0.2) is 35.0 Å². The van der Waals surface area contributed by atoms with Crippen LogP contribution in [-0.2, 0) is 0 Å². The third kappa shape index (κ3) is 1.42. The van der Waals surface area contributed by atoms with Gasteiger partial charge in [0.25, 0.3) is 0 Å². The van der Waals surface area contributed by atoms with E-state index in [-0.39, 0.29) is 0 Å². The van der Waals surface area contributed by atoms with Crippen LogP contribution in [0.2, 0.25) is 5.02 Å². The first-order chi connectivity index (χ1) is 7.72. The van der Waals surface area contributed by atoms with Gasteiger partial charge >= 0.3 is 6.01 Å². The maximum absolute atomic E-state index is 5.76. The van der Waals surface area contributed by atoms with Gasteiger partial charge in [0.1, 0.15) is 5.52 Å². The average molecular weight is 235 g/mol. The quantitative estimate of drug-likeness (QED) is 0.656. The van der Waals surface area contributed by atoms with Crippen LogP contribution in [0, 0.1) is 0 Å². The number of fused-ring (bicyclic) bond motifs is 1. The molecule has 3 rings (SSSR count). The van der Waals surface area contributed by atoms with E-state index in [2.05, 4.69) is 10.1 Å². The fraction of sp³-hybridized carbons (Fsp3) is 0. The van der Waals surface area contributed by atoms with Crippen LogP contribution < -0.4 is 5.73 Å². The Morgan fingerprint density at radius 1 is 1.38 bits per heavy atom. The van der Waals surface area contributed by atoms with Crippen LogP contribution in [0.4, 0.5) is 5.69 Å². The lowest BCUT2D eigenvalue weighted by Gasteiger charge is -1.90. The van der Waals surface area contributed by atoms with E-state index in [4.69, 9.17) is 21.8 Å². The second-order valence-corrected chi connectivity index (χ2v) is 3.76. The molecule has 5 nitrogen and oxygen atoms in total. The number of hydrogen-bond acceptors (Lipinski definition) is 4. The first-order valence-electron chi connectivity index (χ1n) is 4.59. The number of anilines is 1. The molecule has 0 saturated carbocycles. The zero-order valence-corrected chi connectivity index (χ0v) is 8.85. The SMILES string of the molecule is Nc1ccc2nc(-n3cc(Cl)cn3)oc2c1. The number of nitrogens with two attached hydrogens (primary N) is 1. The van der Waals surface area contributed by atoms with Gasteiger partial charge in [-0.15, -0.1) is 0 Å². The van der Waals surface area contributed by atoms with Gasteiger partial charge in [0.05, 0.1) is 17.4 Å². The van der Waals surface area contributed by atoms with Gasteiger partial charge in [-0.25, -0.2) is 0 Å². The zero-order valence-electron chi connectivity index (χ0n) is 8.09. The Morgan fingerprint density at radius 3 is 3.00 bits per heavy atom. The predicted octanol–water partition coefficient (Wildman–Crippen LogP) is 2.25. The molecule has 2 N–H and O–H groups in total. The smallest absolute Gasteiger partial charge is 0.323 e. The number of aromatic nitrogens is 3. The molecule has 6 heteroatoms. The van der Waals surface area contributed by atoms with Gasteiger partial charge in [0, 0.05) is 11.8 Å². The molecule has 0 amide bonds. The van der Waals surface area contributed by atoms with E-state index in [0.717, 1.165) is 5.52 Å². The monoisotopic (exact) mass is 234 g/mol. The summed E-state index contributed by atoms with van der Waals surface area (Å²) >= 11 is 5.76. The van der Waals surface area contributed by atoms with Crippen molar-refractivity contribution in [2.75, 3.05) is 5.73 Å². The van der Waals surface area contributed by atoms with Crippen molar-refractivity contribution in [1.29, 1.82) is 0 Å². The Balaban J connectivity index is 2.18. The highest BCUT2D eigenvalue weighted by molar-refractivity contribution is 6.30. The topological polar surface area (TPSA) is 69.9 Å². The number of benzene rings is 1. The Hall–Kier alpha value is -2.01. The molecule has 0 saturated heterocycles. The molecular weight excluding hydrogens is 228 g/mol. The summed E-state index contributed by atoms with van der Waals surface area (Å²) in [7, 11) is 0. The van der Waals surface area contributed by atoms with Crippen molar-refractivity contribution in [1.82, 2.24) is 14.8 Å². The summed E-state index contributed by atoms with van der Waals surface area (Å²) in [6, 6.07) is 5.65. The Kier molecular flexibility index (Phi) is 1.87. The van der Waals surface area contributed by atoms with E-state index in [9.17, 15) is 0 Å². The fourth-order valence-corrected chi connectivity index (χ4v) is 1.57. The van der Waals surface area contributed by atoms with Crippen LogP contribution in [-0.4, -0.2) is 14.8 Å². The summed E-state index contributed by atoms with van der Waals surface area (Å²) in [5, 5.41) is 4.53. The first-order valence-corrected chi connectivity index (χ1v) is 4.97. The average Bonchev–Trinajstić information content (AvgIpc) is 2.83. The van der Waals surface area contributed by atoms with E-state index in [0.29, 0.717) is 22.3 Å². The van der Waals surface area contributed by atoms with Gasteiger partial charge in [-0.3, -0.25) is 0 Å². The van der Waals surface area contributed by atoms with Gasteiger partial charge in [-0.2, -0.15) is 14.8 Å². The van der Waals surface area contributed by atoms with Crippen molar-refractivity contribution in [2.45, 2.75) is 0 Å². The lowest BCUT2D eigenvalue weighted by atomic mass is 10.3. The van der Waals surface area contributed by atoms with Gasteiger partial charge in [-0.05, 0) is 12.1 Å². The van der Waals surface area contributed by atoms with Crippen molar-refractivity contribution in [3.05, 3.63) is 35.6 Å². The first kappa shape index (κ1) is 9.23. The molecule has 0 spiro atoms. The third-order valence-corrected chi connectivity index (χ3v) is 2.34. The van der Waals surface area contributed by atoms with Crippen LogP contribution in [0.1, 0.15) is 0 Å². The standard InChI is InChI=1S/C10H7ClN4O/c11-6-4-13-15(5-6)10-14-8-2-1-7(12)3-9(8)16-10/h1-5H,12H2. The second kappa shape index (κ2) is 3.24. The maximum atomic E-state index is 5.76. The highest BCUT2D eigenvalue weighted by Crippen LogP contribution is 2.20. The number of rotatable bonds is 1. The lowest BCUT2D eigenvalue weighted by molar-refractivity contribution is 0.543. The van der Waals surface area contributed by atoms with Crippen molar-refractivity contribution in [2.24, 2.45) is 0 Å². The van der Waals surface area contributed by atoms with Crippen LogP contribution in [0.25, 0.3) is 17.1 Å². The molecule has 1 aromatic carbocycles. The molecule has 0 unspecified atom stereocenters. The van der Waals surface area contributed by atoms with Crippen molar-refractivity contribution >= 4 is 28.4 Å². The van der Waals surface area contributed by atoms with Crippen molar-refractivity contribution < 1.29 is 4.42 Å². The van der Waals surface area contributed by atoms with E-state index in [1.165, 1.54) is 10.9 Å². The predicted molar refractivity (Wildman–Crippen MR) is 60.6 cm³/mol. The maximum Gasteiger partial charge on any atom is 0.323 e. The minimum atomic E-state index is 0.368. The summed E-state index contributed by atoms with van der Waals surface area (Å²) in [6.07, 6.45) is 3.14. The second-order valence-electron chi connectivity index (χ2n) is 3.33. The molecule has 2 heterocycles. The van der Waals surface area contributed by atoms with Gasteiger partial charge in [-0.1, -0.05) is 11.6 Å². The highest BCUT2D eigenvalue weighted by atomic mass is 35.5. The molecule has 0 atom stereocenters. The highest BCUT2D eigenvalue weighted by Gasteiger charge is 2.08. The number of oxazole rings is 1. The Morgan fingerprint density at radius 2 is 2.25 bits per heavy atom. The molecule has 16 heavy (non-hydrogen) atoms. The molecule has 0 radical (unpaired) electrons. The summed E-state index contributed by atoms with van der Waals surface area (Å²) < 4.78 is 6.97.